The van der Waals surface area contributed by atoms with Crippen molar-refractivity contribution in [3.63, 3.8) is 0 Å². The standard InChI is InChI=1S/C53H70N4O16S4/c1-7-73-46(58)17-9-8-12-26-54-48(59)53(49(60)55-27-32-76(67,68)69)35-37(18-23-45-50(2,3)47-41-16-11-10-15-39(41)19-21-44(47)56(45)28-13-30-74(61,62)63)33-38(36-53)24-25-52(6)51(4,5)42-34-40(77(70,71)72)20-22-43(42)57(52)29-14-31-75(64,65)66/h10-11,15-16,18-25,33-34H,7-9,12-14,17,26-32,35-36H2,1-6H3,(H,54,59)(H,55,60)(H,61,62,63)(H,64,65,66)(H,67,68,69)(H,70,71,72)/b25-24+,37-18-,45-23+. The van der Waals surface area contributed by atoms with Gasteiger partial charge in [-0.3, -0.25) is 32.6 Å². The number of allylic oxidation sites excluding steroid dienone is 7. The number of unbranched alkanes of at least 4 members (excludes halogenated alkanes) is 2. The van der Waals surface area contributed by atoms with Crippen LogP contribution in [-0.4, -0.2) is 125 Å². The summed E-state index contributed by atoms with van der Waals surface area (Å²) in [6.07, 6.45) is 10.00. The molecule has 3 aromatic carbocycles. The largest absolute Gasteiger partial charge is 0.466 e. The lowest BCUT2D eigenvalue weighted by molar-refractivity contribution is -0.144. The molecule has 2 amide bonds. The van der Waals surface area contributed by atoms with Crippen molar-refractivity contribution in [2.45, 2.75) is 114 Å². The molecule has 0 radical (unpaired) electrons. The van der Waals surface area contributed by atoms with Gasteiger partial charge in [-0.15, -0.1) is 0 Å². The number of carbonyl (C=O) groups is 3. The van der Waals surface area contributed by atoms with Gasteiger partial charge in [-0.2, -0.15) is 33.7 Å². The highest BCUT2D eigenvalue weighted by Gasteiger charge is 2.53. The quantitative estimate of drug-likeness (QED) is 0.0238. The van der Waals surface area contributed by atoms with Crippen LogP contribution in [0, 0.1) is 5.41 Å². The van der Waals surface area contributed by atoms with Crippen LogP contribution in [0.2, 0.25) is 0 Å². The summed E-state index contributed by atoms with van der Waals surface area (Å²) in [5, 5.41) is 7.40. The van der Waals surface area contributed by atoms with E-state index in [1.165, 1.54) is 18.2 Å². The fraction of sp³-hybridized carbons (Fsp3) is 0.491. The molecule has 0 spiro atoms. The zero-order chi connectivity index (χ0) is 57.0. The number of esters is 1. The molecule has 6 N–H and O–H groups in total. The Morgan fingerprint density at radius 3 is 1.96 bits per heavy atom. The second kappa shape index (κ2) is 23.5. The summed E-state index contributed by atoms with van der Waals surface area (Å²) >= 11 is 0. The minimum atomic E-state index is -4.67. The van der Waals surface area contributed by atoms with E-state index >= 15 is 0 Å². The first-order valence-electron chi connectivity index (χ1n) is 25.3. The second-order valence-electron chi connectivity index (χ2n) is 21.0. The van der Waals surface area contributed by atoms with E-state index in [2.05, 4.69) is 10.6 Å². The number of nitrogens with one attached hydrogen (secondary N) is 2. The van der Waals surface area contributed by atoms with Crippen molar-refractivity contribution >= 4 is 80.4 Å². The number of hydrogen-bond acceptors (Lipinski definition) is 14. The van der Waals surface area contributed by atoms with Gasteiger partial charge in [0, 0.05) is 60.5 Å². The van der Waals surface area contributed by atoms with Crippen molar-refractivity contribution in [2.24, 2.45) is 5.41 Å². The van der Waals surface area contributed by atoms with E-state index in [0.29, 0.717) is 41.7 Å². The number of amides is 2. The molecule has 2 atom stereocenters. The molecule has 2 heterocycles. The topological polar surface area (TPSA) is 308 Å². The predicted molar refractivity (Wildman–Crippen MR) is 294 cm³/mol. The summed E-state index contributed by atoms with van der Waals surface area (Å²) in [4.78, 5) is 45.2. The van der Waals surface area contributed by atoms with E-state index in [1.807, 2.05) is 86.9 Å². The lowest BCUT2D eigenvalue weighted by atomic mass is 9.68. The first-order chi connectivity index (χ1) is 35.7. The number of rotatable bonds is 24. The number of carbonyl (C=O) groups excluding carboxylic acids is 3. The van der Waals surface area contributed by atoms with Crippen LogP contribution in [-0.2, 0) is 70.4 Å². The minimum absolute atomic E-state index is 0.0382. The number of hydrogen-bond donors (Lipinski definition) is 6. The van der Waals surface area contributed by atoms with Crippen molar-refractivity contribution < 1.29 is 71.0 Å². The van der Waals surface area contributed by atoms with Gasteiger partial charge < -0.3 is 25.2 Å². The van der Waals surface area contributed by atoms with Gasteiger partial charge >= 0.3 is 5.97 Å². The van der Waals surface area contributed by atoms with Crippen LogP contribution in [0.25, 0.3) is 10.8 Å². The molecule has 0 bridgehead atoms. The lowest BCUT2D eigenvalue weighted by Gasteiger charge is -2.44. The van der Waals surface area contributed by atoms with E-state index in [9.17, 15) is 66.3 Å². The highest BCUT2D eigenvalue weighted by atomic mass is 32.2. The van der Waals surface area contributed by atoms with Crippen molar-refractivity contribution in [1.29, 1.82) is 0 Å². The summed E-state index contributed by atoms with van der Waals surface area (Å²) in [6.45, 7) is 11.2. The van der Waals surface area contributed by atoms with Crippen LogP contribution in [0.3, 0.4) is 0 Å². The van der Waals surface area contributed by atoms with Gasteiger partial charge in [-0.25, -0.2) is 0 Å². The van der Waals surface area contributed by atoms with E-state index in [1.54, 1.807) is 31.2 Å². The molecule has 6 rings (SSSR count). The summed E-state index contributed by atoms with van der Waals surface area (Å²) in [7, 11) is -17.9. The molecule has 2 unspecified atom stereocenters. The van der Waals surface area contributed by atoms with Crippen LogP contribution in [0.5, 0.6) is 0 Å². The SMILES string of the molecule is CCOC(=O)CCCCCNC(=O)C1(C(=O)NCCS(=O)(=O)O)CC(/C=C/C2(C)N(CCCS(=O)(=O)O)c3ccc(S(=O)(=O)O)cc3C2(C)C)=CC(=C/C=C2/N(CCCS(=O)(=O)O)c3ccc4ccccc4c3C2(C)C)/C1. The molecule has 2 aliphatic heterocycles. The van der Waals surface area contributed by atoms with Crippen molar-refractivity contribution in [1.82, 2.24) is 10.6 Å². The average Bonchev–Trinajstić information content (AvgIpc) is 3.68. The summed E-state index contributed by atoms with van der Waals surface area (Å²) < 4.78 is 141. The number of fused-ring (bicyclic) bond motifs is 4. The van der Waals surface area contributed by atoms with Gasteiger partial charge in [-0.1, -0.05) is 88.8 Å². The highest BCUT2D eigenvalue weighted by molar-refractivity contribution is 7.86. The molecule has 3 aliphatic rings. The first kappa shape index (κ1) is 60.8. The number of anilines is 2. The molecule has 1 aliphatic carbocycles. The maximum atomic E-state index is 14.9. The van der Waals surface area contributed by atoms with Crippen molar-refractivity contribution in [2.75, 3.05) is 59.8 Å². The fourth-order valence-electron chi connectivity index (χ4n) is 10.8. The average molecular weight is 1150 g/mol. The summed E-state index contributed by atoms with van der Waals surface area (Å²) in [6, 6.07) is 15.8. The van der Waals surface area contributed by atoms with Gasteiger partial charge in [0.2, 0.25) is 11.8 Å². The van der Waals surface area contributed by atoms with Crippen LogP contribution in [0.1, 0.15) is 104 Å². The number of nitrogens with zero attached hydrogens (tertiary/aromatic N) is 2. The smallest absolute Gasteiger partial charge is 0.305 e. The van der Waals surface area contributed by atoms with E-state index in [0.717, 1.165) is 27.7 Å². The Bertz CT molecular complexity index is 3370. The zero-order valence-corrected chi connectivity index (χ0v) is 47.4. The Balaban J connectivity index is 1.51. The zero-order valence-electron chi connectivity index (χ0n) is 44.1. The third kappa shape index (κ3) is 14.2. The van der Waals surface area contributed by atoms with E-state index < -0.39 is 97.9 Å². The fourth-order valence-corrected chi connectivity index (χ4v) is 12.7. The number of benzene rings is 3. The molecule has 0 fully saturated rings. The van der Waals surface area contributed by atoms with Crippen LogP contribution in [0.4, 0.5) is 11.4 Å². The molecule has 0 saturated carbocycles. The molecule has 24 heteroatoms. The Hall–Kier alpha value is -5.47. The maximum absolute atomic E-state index is 14.9. The highest BCUT2D eigenvalue weighted by Crippen LogP contribution is 2.54. The second-order valence-corrected chi connectivity index (χ2v) is 27.1. The Kier molecular flexibility index (Phi) is 18.5. The summed E-state index contributed by atoms with van der Waals surface area (Å²) in [5.41, 5.74) is -0.487. The molecule has 3 aromatic rings. The minimum Gasteiger partial charge on any atom is -0.466 e. The molecular formula is C53H70N4O16S4. The van der Waals surface area contributed by atoms with Crippen molar-refractivity contribution in [3.05, 3.63) is 113 Å². The first-order valence-corrected chi connectivity index (χ1v) is 31.6. The van der Waals surface area contributed by atoms with E-state index in [4.69, 9.17) is 4.74 Å². The van der Waals surface area contributed by atoms with E-state index in [-0.39, 0.29) is 69.2 Å². The Morgan fingerprint density at radius 2 is 1.32 bits per heavy atom. The van der Waals surface area contributed by atoms with Crippen molar-refractivity contribution in [3.8, 4) is 0 Å². The maximum Gasteiger partial charge on any atom is 0.305 e. The Morgan fingerprint density at radius 1 is 0.701 bits per heavy atom. The monoisotopic (exact) mass is 1150 g/mol. The summed E-state index contributed by atoms with van der Waals surface area (Å²) in [5.74, 6) is -3.87. The van der Waals surface area contributed by atoms with Gasteiger partial charge in [0.05, 0.1) is 34.3 Å². The molecule has 77 heavy (non-hydrogen) atoms. The number of ether oxygens (including phenoxy) is 1. The van der Waals surface area contributed by atoms with Crippen LogP contribution in [0.15, 0.2) is 107 Å². The van der Waals surface area contributed by atoms with Gasteiger partial charge in [0.15, 0.2) is 0 Å². The van der Waals surface area contributed by atoms with Crippen LogP contribution < -0.4 is 20.4 Å². The van der Waals surface area contributed by atoms with Gasteiger partial charge in [-0.05, 0) is 116 Å². The molecular weight excluding hydrogens is 1080 g/mol. The lowest BCUT2D eigenvalue weighted by Crippen LogP contribution is -2.53. The third-order valence-electron chi connectivity index (χ3n) is 15.0. The normalized spacial score (nSPS) is 21.4. The van der Waals surface area contributed by atoms with Crippen LogP contribution >= 0.6 is 0 Å². The predicted octanol–water partition coefficient (Wildman–Crippen LogP) is 6.61. The molecule has 422 valence electrons. The van der Waals surface area contributed by atoms with Gasteiger partial charge in [0.1, 0.15) is 5.41 Å². The Labute approximate surface area is 452 Å². The molecule has 0 saturated heterocycles. The molecule has 0 aromatic heterocycles. The molecule has 20 nitrogen and oxygen atoms in total. The van der Waals surface area contributed by atoms with Gasteiger partial charge in [0.25, 0.3) is 40.5 Å². The third-order valence-corrected chi connectivity index (χ3v) is 18.2.